The Hall–Kier alpha value is -2.34. The van der Waals surface area contributed by atoms with Gasteiger partial charge in [-0.2, -0.15) is 5.10 Å². The third kappa shape index (κ3) is 2.65. The van der Waals surface area contributed by atoms with Crippen molar-refractivity contribution in [3.8, 4) is 11.4 Å². The van der Waals surface area contributed by atoms with Gasteiger partial charge < -0.3 is 14.6 Å². The number of carboxylic acids is 1. The number of hydrogen-bond donors (Lipinski definition) is 1. The summed E-state index contributed by atoms with van der Waals surface area (Å²) >= 11 is 0. The highest BCUT2D eigenvalue weighted by Gasteiger charge is 2.19. The molecule has 6 nitrogen and oxygen atoms in total. The third-order valence-electron chi connectivity index (χ3n) is 2.77. The van der Waals surface area contributed by atoms with Crippen molar-refractivity contribution in [1.29, 1.82) is 0 Å². The molecule has 0 aliphatic rings. The van der Waals surface area contributed by atoms with E-state index in [9.17, 15) is 9.90 Å². The summed E-state index contributed by atoms with van der Waals surface area (Å²) in [7, 11) is 1.51. The van der Waals surface area contributed by atoms with Gasteiger partial charge in [-0.15, -0.1) is 0 Å². The largest absolute Gasteiger partial charge is 0.492 e. The van der Waals surface area contributed by atoms with Crippen molar-refractivity contribution >= 4 is 5.97 Å². The van der Waals surface area contributed by atoms with Crippen molar-refractivity contribution in [2.75, 3.05) is 13.7 Å². The van der Waals surface area contributed by atoms with Gasteiger partial charge in [0, 0.05) is 7.11 Å². The maximum atomic E-state index is 11.2. The van der Waals surface area contributed by atoms with Crippen molar-refractivity contribution in [2.24, 2.45) is 0 Å². The number of carbonyl (C=O) groups is 1. The minimum absolute atomic E-state index is 0.123. The van der Waals surface area contributed by atoms with Crippen LogP contribution in [-0.2, 0) is 11.3 Å². The number of rotatable bonds is 6. The number of methoxy groups -OCH3 is 1. The quantitative estimate of drug-likeness (QED) is 0.874. The molecular formula is C14H16N2O4. The van der Waals surface area contributed by atoms with E-state index in [1.165, 1.54) is 18.0 Å². The van der Waals surface area contributed by atoms with Crippen molar-refractivity contribution in [2.45, 2.75) is 13.5 Å². The Bertz CT molecular complexity index is 607. The molecule has 0 aliphatic carbocycles. The number of nitrogens with zero attached hydrogens (tertiary/aromatic N) is 2. The van der Waals surface area contributed by atoms with E-state index in [0.717, 1.165) is 0 Å². The second kappa shape index (κ2) is 6.21. The van der Waals surface area contributed by atoms with Gasteiger partial charge in [-0.05, 0) is 19.1 Å². The molecule has 0 spiro atoms. The molecule has 0 amide bonds. The molecule has 20 heavy (non-hydrogen) atoms. The molecule has 2 rings (SSSR count). The molecule has 1 heterocycles. The molecular weight excluding hydrogens is 260 g/mol. The molecule has 0 atom stereocenters. The first kappa shape index (κ1) is 14.1. The van der Waals surface area contributed by atoms with E-state index in [2.05, 4.69) is 5.10 Å². The molecule has 0 saturated carbocycles. The van der Waals surface area contributed by atoms with E-state index in [1.54, 1.807) is 0 Å². The van der Waals surface area contributed by atoms with E-state index in [-0.39, 0.29) is 12.2 Å². The molecule has 1 aromatic carbocycles. The predicted octanol–water partition coefficient (Wildman–Crippen LogP) is 2.12. The van der Waals surface area contributed by atoms with E-state index in [1.807, 2.05) is 31.2 Å². The average Bonchev–Trinajstić information content (AvgIpc) is 2.84. The van der Waals surface area contributed by atoms with Crippen LogP contribution < -0.4 is 4.74 Å². The van der Waals surface area contributed by atoms with Gasteiger partial charge >= 0.3 is 5.97 Å². The summed E-state index contributed by atoms with van der Waals surface area (Å²) in [4.78, 5) is 11.2. The summed E-state index contributed by atoms with van der Waals surface area (Å²) in [5.74, 6) is -0.385. The van der Waals surface area contributed by atoms with Crippen LogP contribution in [0.25, 0.3) is 5.69 Å². The van der Waals surface area contributed by atoms with Crippen LogP contribution in [0.1, 0.15) is 23.0 Å². The normalized spacial score (nSPS) is 10.5. The lowest BCUT2D eigenvalue weighted by molar-refractivity contribution is 0.0691. The van der Waals surface area contributed by atoms with Crippen LogP contribution in [0.2, 0.25) is 0 Å². The summed E-state index contributed by atoms with van der Waals surface area (Å²) < 4.78 is 12.2. The molecule has 0 bridgehead atoms. The summed E-state index contributed by atoms with van der Waals surface area (Å²) in [5.41, 5.74) is 1.29. The minimum atomic E-state index is -1.03. The van der Waals surface area contributed by atoms with Crippen molar-refractivity contribution < 1.29 is 19.4 Å². The monoisotopic (exact) mass is 276 g/mol. The lowest BCUT2D eigenvalue weighted by Gasteiger charge is -2.12. The Morgan fingerprint density at radius 3 is 2.80 bits per heavy atom. The summed E-state index contributed by atoms with van der Waals surface area (Å²) in [6.45, 7) is 2.56. The van der Waals surface area contributed by atoms with Gasteiger partial charge in [-0.3, -0.25) is 0 Å². The van der Waals surface area contributed by atoms with Gasteiger partial charge in [0.05, 0.1) is 25.1 Å². The van der Waals surface area contributed by atoms with E-state index < -0.39 is 5.97 Å². The molecule has 2 aromatic rings. The second-order valence-electron chi connectivity index (χ2n) is 4.06. The first-order valence-electron chi connectivity index (χ1n) is 6.20. The molecule has 0 aliphatic heterocycles. The fourth-order valence-corrected chi connectivity index (χ4v) is 1.95. The van der Waals surface area contributed by atoms with Gasteiger partial charge in [0.1, 0.15) is 17.0 Å². The lowest BCUT2D eigenvalue weighted by atomic mass is 10.2. The highest BCUT2D eigenvalue weighted by atomic mass is 16.5. The first-order chi connectivity index (χ1) is 9.69. The minimum Gasteiger partial charge on any atom is -0.492 e. The summed E-state index contributed by atoms with van der Waals surface area (Å²) in [6.07, 6.45) is 1.32. The number of aromatic nitrogens is 2. The summed E-state index contributed by atoms with van der Waals surface area (Å²) in [5, 5.41) is 13.3. The van der Waals surface area contributed by atoms with Crippen LogP contribution >= 0.6 is 0 Å². The van der Waals surface area contributed by atoms with Gasteiger partial charge in [-0.1, -0.05) is 12.1 Å². The number of carboxylic acid groups (broad SMARTS) is 1. The van der Waals surface area contributed by atoms with Crippen molar-refractivity contribution in [3.05, 3.63) is 41.7 Å². The predicted molar refractivity (Wildman–Crippen MR) is 72.4 cm³/mol. The van der Waals surface area contributed by atoms with Crippen LogP contribution in [-0.4, -0.2) is 34.6 Å². The number of benzene rings is 1. The zero-order chi connectivity index (χ0) is 14.5. The van der Waals surface area contributed by atoms with Crippen LogP contribution in [0.5, 0.6) is 5.75 Å². The van der Waals surface area contributed by atoms with Gasteiger partial charge in [0.15, 0.2) is 0 Å². The Morgan fingerprint density at radius 1 is 1.40 bits per heavy atom. The highest BCUT2D eigenvalue weighted by Crippen LogP contribution is 2.25. The van der Waals surface area contributed by atoms with E-state index >= 15 is 0 Å². The number of para-hydroxylation sites is 2. The van der Waals surface area contributed by atoms with Crippen molar-refractivity contribution in [3.63, 3.8) is 0 Å². The Labute approximate surface area is 116 Å². The number of ether oxygens (including phenoxy) is 2. The molecule has 0 unspecified atom stereocenters. The molecule has 0 radical (unpaired) electrons. The third-order valence-corrected chi connectivity index (χ3v) is 2.77. The van der Waals surface area contributed by atoms with Crippen LogP contribution in [0.4, 0.5) is 0 Å². The lowest BCUT2D eigenvalue weighted by Crippen LogP contribution is -2.09. The molecule has 0 saturated heterocycles. The standard InChI is InChI=1S/C14H16N2O4/c1-3-20-13-7-5-4-6-11(13)16-12(9-19-2)10(8-15-16)14(17)18/h4-8H,3,9H2,1-2H3,(H,17,18). The molecule has 0 fully saturated rings. The molecule has 106 valence electrons. The fraction of sp³-hybridized carbons (Fsp3) is 0.286. The average molecular weight is 276 g/mol. The number of aromatic carboxylic acids is 1. The SMILES string of the molecule is CCOc1ccccc1-n1ncc(C(=O)O)c1COC. The molecule has 1 N–H and O–H groups in total. The van der Waals surface area contributed by atoms with Gasteiger partial charge in [-0.25, -0.2) is 9.48 Å². The van der Waals surface area contributed by atoms with Crippen LogP contribution in [0, 0.1) is 0 Å². The van der Waals surface area contributed by atoms with Crippen LogP contribution in [0.15, 0.2) is 30.5 Å². The molecule has 1 aromatic heterocycles. The Balaban J connectivity index is 2.55. The zero-order valence-corrected chi connectivity index (χ0v) is 11.4. The maximum absolute atomic E-state index is 11.2. The fourth-order valence-electron chi connectivity index (χ4n) is 1.95. The first-order valence-corrected chi connectivity index (χ1v) is 6.20. The van der Waals surface area contributed by atoms with E-state index in [0.29, 0.717) is 23.7 Å². The Kier molecular flexibility index (Phi) is 4.37. The number of hydrogen-bond acceptors (Lipinski definition) is 4. The topological polar surface area (TPSA) is 73.6 Å². The summed E-state index contributed by atoms with van der Waals surface area (Å²) in [6, 6.07) is 7.34. The second-order valence-corrected chi connectivity index (χ2v) is 4.06. The Morgan fingerprint density at radius 2 is 2.15 bits per heavy atom. The van der Waals surface area contributed by atoms with Crippen molar-refractivity contribution in [1.82, 2.24) is 9.78 Å². The smallest absolute Gasteiger partial charge is 0.339 e. The van der Waals surface area contributed by atoms with Gasteiger partial charge in [0.25, 0.3) is 0 Å². The van der Waals surface area contributed by atoms with Gasteiger partial charge in [0.2, 0.25) is 0 Å². The van der Waals surface area contributed by atoms with Crippen LogP contribution in [0.3, 0.4) is 0 Å². The zero-order valence-electron chi connectivity index (χ0n) is 11.4. The highest BCUT2D eigenvalue weighted by molar-refractivity contribution is 5.88. The van der Waals surface area contributed by atoms with E-state index in [4.69, 9.17) is 9.47 Å². The molecule has 6 heteroatoms. The maximum Gasteiger partial charge on any atom is 0.339 e.